The van der Waals surface area contributed by atoms with E-state index in [1.807, 2.05) is 17.8 Å². The van der Waals surface area contributed by atoms with Crippen LogP contribution >= 0.6 is 11.8 Å². The van der Waals surface area contributed by atoms with Crippen LogP contribution in [-0.2, 0) is 6.54 Å². The average Bonchev–Trinajstić information content (AvgIpc) is 2.40. The predicted molar refractivity (Wildman–Crippen MR) is 79.2 cm³/mol. The van der Waals surface area contributed by atoms with Crippen molar-refractivity contribution < 1.29 is 5.11 Å². The largest absolute Gasteiger partial charge is 0.508 e. The van der Waals surface area contributed by atoms with Gasteiger partial charge in [0.05, 0.1) is 0 Å². The third kappa shape index (κ3) is 3.42. The molecule has 0 heterocycles. The zero-order valence-electron chi connectivity index (χ0n) is 11.3. The third-order valence-electron chi connectivity index (χ3n) is 3.80. The molecule has 2 unspecified atom stereocenters. The standard InChI is InChI=1S/C15H23NOS/c1-11-7-8-14(17)12(9-11)10-16-13-5-3-4-6-15(13)18-2/h7-9,13,15-17H,3-6,10H2,1-2H3. The summed E-state index contributed by atoms with van der Waals surface area (Å²) in [6, 6.07) is 6.40. The number of nitrogens with one attached hydrogen (secondary N) is 1. The second-order valence-electron chi connectivity index (χ2n) is 5.18. The Hall–Kier alpha value is -0.670. The van der Waals surface area contributed by atoms with Crippen molar-refractivity contribution in [1.29, 1.82) is 0 Å². The summed E-state index contributed by atoms with van der Waals surface area (Å²) in [6.45, 7) is 2.84. The molecule has 100 valence electrons. The van der Waals surface area contributed by atoms with Crippen LogP contribution in [0.25, 0.3) is 0 Å². The van der Waals surface area contributed by atoms with Crippen LogP contribution in [-0.4, -0.2) is 22.7 Å². The molecule has 3 heteroatoms. The number of hydrogen-bond acceptors (Lipinski definition) is 3. The van der Waals surface area contributed by atoms with Crippen molar-refractivity contribution in [2.45, 2.75) is 50.4 Å². The van der Waals surface area contributed by atoms with Crippen molar-refractivity contribution in [3.05, 3.63) is 29.3 Å². The summed E-state index contributed by atoms with van der Waals surface area (Å²) < 4.78 is 0. The minimum atomic E-state index is 0.407. The van der Waals surface area contributed by atoms with Crippen molar-refractivity contribution in [3.8, 4) is 5.75 Å². The summed E-state index contributed by atoms with van der Waals surface area (Å²) in [7, 11) is 0. The van der Waals surface area contributed by atoms with Crippen molar-refractivity contribution in [2.24, 2.45) is 0 Å². The highest BCUT2D eigenvalue weighted by Gasteiger charge is 2.23. The summed E-state index contributed by atoms with van der Waals surface area (Å²) in [6.07, 6.45) is 7.47. The molecule has 0 aromatic heterocycles. The molecule has 0 bridgehead atoms. The maximum absolute atomic E-state index is 9.84. The molecule has 1 aromatic rings. The molecule has 1 saturated carbocycles. The molecule has 1 aromatic carbocycles. The smallest absolute Gasteiger partial charge is 0.120 e. The van der Waals surface area contributed by atoms with E-state index in [1.165, 1.54) is 31.2 Å². The Labute approximate surface area is 114 Å². The van der Waals surface area contributed by atoms with Gasteiger partial charge in [0, 0.05) is 23.4 Å². The summed E-state index contributed by atoms with van der Waals surface area (Å²) in [4.78, 5) is 0. The highest BCUT2D eigenvalue weighted by molar-refractivity contribution is 7.99. The highest BCUT2D eigenvalue weighted by Crippen LogP contribution is 2.28. The summed E-state index contributed by atoms with van der Waals surface area (Å²) in [5, 5.41) is 14.2. The molecule has 1 fully saturated rings. The van der Waals surface area contributed by atoms with Crippen LogP contribution < -0.4 is 5.32 Å². The minimum absolute atomic E-state index is 0.407. The number of thioether (sulfide) groups is 1. The number of phenols is 1. The quantitative estimate of drug-likeness (QED) is 0.874. The maximum atomic E-state index is 9.84. The highest BCUT2D eigenvalue weighted by atomic mass is 32.2. The van der Waals surface area contributed by atoms with Gasteiger partial charge in [-0.3, -0.25) is 0 Å². The molecule has 0 saturated heterocycles. The molecule has 2 N–H and O–H groups in total. The van der Waals surface area contributed by atoms with Gasteiger partial charge in [0.15, 0.2) is 0 Å². The van der Waals surface area contributed by atoms with Crippen molar-refractivity contribution >= 4 is 11.8 Å². The average molecular weight is 265 g/mol. The Morgan fingerprint density at radius 3 is 2.89 bits per heavy atom. The van der Waals surface area contributed by atoms with Gasteiger partial charge in [0.2, 0.25) is 0 Å². The maximum Gasteiger partial charge on any atom is 0.120 e. The van der Waals surface area contributed by atoms with E-state index in [4.69, 9.17) is 0 Å². The number of aromatic hydroxyl groups is 1. The summed E-state index contributed by atoms with van der Waals surface area (Å²) >= 11 is 1.97. The lowest BCUT2D eigenvalue weighted by Crippen LogP contribution is -2.39. The van der Waals surface area contributed by atoms with E-state index in [1.54, 1.807) is 6.07 Å². The second kappa shape index (κ2) is 6.48. The third-order valence-corrected chi connectivity index (χ3v) is 4.96. The predicted octanol–water partition coefficient (Wildman–Crippen LogP) is 3.46. The van der Waals surface area contributed by atoms with Crippen LogP contribution in [0, 0.1) is 6.92 Å². The summed E-state index contributed by atoms with van der Waals surface area (Å²) in [5.41, 5.74) is 2.22. The number of benzene rings is 1. The van der Waals surface area contributed by atoms with Crippen molar-refractivity contribution in [3.63, 3.8) is 0 Å². The van der Waals surface area contributed by atoms with Crippen LogP contribution in [0.5, 0.6) is 5.75 Å². The zero-order chi connectivity index (χ0) is 13.0. The first-order chi connectivity index (χ1) is 8.70. The van der Waals surface area contributed by atoms with Gasteiger partial charge in [-0.15, -0.1) is 0 Å². The van der Waals surface area contributed by atoms with Gasteiger partial charge in [-0.25, -0.2) is 0 Å². The van der Waals surface area contributed by atoms with E-state index in [0.29, 0.717) is 11.8 Å². The topological polar surface area (TPSA) is 32.3 Å². The fraction of sp³-hybridized carbons (Fsp3) is 0.600. The molecule has 0 aliphatic heterocycles. The lowest BCUT2D eigenvalue weighted by molar-refractivity contribution is 0.379. The number of phenolic OH excluding ortho intramolecular Hbond substituents is 1. The second-order valence-corrected chi connectivity index (χ2v) is 6.26. The number of hydrogen-bond donors (Lipinski definition) is 2. The van der Waals surface area contributed by atoms with Gasteiger partial charge in [0.25, 0.3) is 0 Å². The first-order valence-corrected chi connectivity index (χ1v) is 8.04. The Morgan fingerprint density at radius 1 is 1.33 bits per heavy atom. The Morgan fingerprint density at radius 2 is 2.11 bits per heavy atom. The zero-order valence-corrected chi connectivity index (χ0v) is 12.1. The van der Waals surface area contributed by atoms with Crippen molar-refractivity contribution in [1.82, 2.24) is 5.32 Å². The van der Waals surface area contributed by atoms with Crippen LogP contribution in [0.1, 0.15) is 36.8 Å². The van der Waals surface area contributed by atoms with Gasteiger partial charge in [-0.05, 0) is 32.1 Å². The van der Waals surface area contributed by atoms with Crippen LogP contribution in [0.2, 0.25) is 0 Å². The fourth-order valence-corrected chi connectivity index (χ4v) is 3.67. The SMILES string of the molecule is CSC1CCCCC1NCc1cc(C)ccc1O. The Kier molecular flexibility index (Phi) is 4.95. The van der Waals surface area contributed by atoms with E-state index in [-0.39, 0.29) is 0 Å². The van der Waals surface area contributed by atoms with Gasteiger partial charge >= 0.3 is 0 Å². The van der Waals surface area contributed by atoms with Crippen LogP contribution in [0.4, 0.5) is 0 Å². The molecule has 2 nitrogen and oxygen atoms in total. The minimum Gasteiger partial charge on any atom is -0.508 e. The molecular formula is C15H23NOS. The number of rotatable bonds is 4. The van der Waals surface area contributed by atoms with Crippen LogP contribution in [0.15, 0.2) is 18.2 Å². The van der Waals surface area contributed by atoms with Crippen LogP contribution in [0.3, 0.4) is 0 Å². The van der Waals surface area contributed by atoms with Gasteiger partial charge in [0.1, 0.15) is 5.75 Å². The first-order valence-electron chi connectivity index (χ1n) is 6.75. The molecule has 2 rings (SSSR count). The normalized spacial score (nSPS) is 24.1. The monoisotopic (exact) mass is 265 g/mol. The van der Waals surface area contributed by atoms with E-state index in [2.05, 4.69) is 24.6 Å². The molecule has 18 heavy (non-hydrogen) atoms. The molecule has 0 radical (unpaired) electrons. The molecule has 2 atom stereocenters. The van der Waals surface area contributed by atoms with Crippen molar-refractivity contribution in [2.75, 3.05) is 6.26 Å². The fourth-order valence-electron chi connectivity index (χ4n) is 2.71. The molecule has 1 aliphatic carbocycles. The van der Waals surface area contributed by atoms with Gasteiger partial charge in [-0.1, -0.05) is 30.5 Å². The molecule has 0 amide bonds. The summed E-state index contributed by atoms with van der Waals surface area (Å²) in [5.74, 6) is 0.407. The Bertz CT molecular complexity index is 394. The molecule has 1 aliphatic rings. The first kappa shape index (κ1) is 13.8. The number of aryl methyl sites for hydroxylation is 1. The van der Waals surface area contributed by atoms with E-state index < -0.39 is 0 Å². The molecular weight excluding hydrogens is 242 g/mol. The van der Waals surface area contributed by atoms with E-state index in [9.17, 15) is 5.11 Å². The van der Waals surface area contributed by atoms with E-state index >= 15 is 0 Å². The lowest BCUT2D eigenvalue weighted by Gasteiger charge is -2.31. The van der Waals surface area contributed by atoms with Gasteiger partial charge in [-0.2, -0.15) is 11.8 Å². The molecule has 0 spiro atoms. The Balaban J connectivity index is 1.95. The van der Waals surface area contributed by atoms with E-state index in [0.717, 1.165) is 17.4 Å². The van der Waals surface area contributed by atoms with Gasteiger partial charge < -0.3 is 10.4 Å². The lowest BCUT2D eigenvalue weighted by atomic mass is 9.94.